The number of anilines is 2. The molecule has 0 aliphatic carbocycles. The molecule has 0 saturated carbocycles. The van der Waals surface area contributed by atoms with Crippen LogP contribution < -0.4 is 5.32 Å². The van der Waals surface area contributed by atoms with Crippen molar-refractivity contribution in [2.45, 2.75) is 0 Å². The van der Waals surface area contributed by atoms with Crippen molar-refractivity contribution < 1.29 is 9.53 Å². The standard InChI is InChI=1S/C12H11N3O2/c1-17-11(16)10-7-8-13-12(15-10)14-9-5-3-2-4-6-9/h2-8H,1H3,(H,13,14,15). The molecule has 0 bridgehead atoms. The van der Waals surface area contributed by atoms with Crippen molar-refractivity contribution in [3.05, 3.63) is 48.3 Å². The van der Waals surface area contributed by atoms with Gasteiger partial charge in [0.05, 0.1) is 7.11 Å². The number of rotatable bonds is 3. The number of methoxy groups -OCH3 is 1. The summed E-state index contributed by atoms with van der Waals surface area (Å²) in [5.41, 5.74) is 1.08. The molecule has 0 radical (unpaired) electrons. The van der Waals surface area contributed by atoms with Gasteiger partial charge in [0.15, 0.2) is 5.69 Å². The zero-order valence-corrected chi connectivity index (χ0v) is 9.25. The zero-order chi connectivity index (χ0) is 12.1. The summed E-state index contributed by atoms with van der Waals surface area (Å²) < 4.78 is 4.58. The molecule has 5 heteroatoms. The largest absolute Gasteiger partial charge is 0.464 e. The molecule has 1 heterocycles. The first-order chi connectivity index (χ1) is 8.29. The van der Waals surface area contributed by atoms with Gasteiger partial charge >= 0.3 is 5.97 Å². The predicted octanol–water partition coefficient (Wildman–Crippen LogP) is 2.01. The molecule has 0 fully saturated rings. The first kappa shape index (κ1) is 11.1. The number of carbonyl (C=O) groups is 1. The second kappa shape index (κ2) is 5.07. The molecule has 0 spiro atoms. The topological polar surface area (TPSA) is 64.1 Å². The van der Waals surface area contributed by atoms with Crippen LogP contribution in [0.3, 0.4) is 0 Å². The third-order valence-corrected chi connectivity index (χ3v) is 2.08. The van der Waals surface area contributed by atoms with Gasteiger partial charge in [-0.25, -0.2) is 14.8 Å². The number of hydrogen-bond donors (Lipinski definition) is 1. The number of nitrogens with one attached hydrogen (secondary N) is 1. The lowest BCUT2D eigenvalue weighted by atomic mass is 10.3. The van der Waals surface area contributed by atoms with E-state index in [1.165, 1.54) is 19.4 Å². The summed E-state index contributed by atoms with van der Waals surface area (Å²) in [5.74, 6) is -0.123. The van der Waals surface area contributed by atoms with Gasteiger partial charge in [-0.05, 0) is 18.2 Å². The smallest absolute Gasteiger partial charge is 0.356 e. The Labute approximate surface area is 98.5 Å². The molecule has 0 unspecified atom stereocenters. The minimum absolute atomic E-state index is 0.223. The number of carbonyl (C=O) groups excluding carboxylic acids is 1. The van der Waals surface area contributed by atoms with Crippen molar-refractivity contribution in [1.82, 2.24) is 9.97 Å². The summed E-state index contributed by atoms with van der Waals surface area (Å²) in [7, 11) is 1.31. The van der Waals surface area contributed by atoms with E-state index in [1.54, 1.807) is 0 Å². The average molecular weight is 229 g/mol. The highest BCUT2D eigenvalue weighted by atomic mass is 16.5. The van der Waals surface area contributed by atoms with Crippen LogP contribution in [0.4, 0.5) is 11.6 Å². The Bertz CT molecular complexity index is 514. The van der Waals surface area contributed by atoms with E-state index in [9.17, 15) is 4.79 Å². The summed E-state index contributed by atoms with van der Waals surface area (Å²) in [6.07, 6.45) is 1.50. The molecule has 0 atom stereocenters. The Morgan fingerprint density at radius 1 is 1.24 bits per heavy atom. The second-order valence-electron chi connectivity index (χ2n) is 3.25. The SMILES string of the molecule is COC(=O)c1ccnc(Nc2ccccc2)n1. The van der Waals surface area contributed by atoms with Crippen LogP contribution in [0.1, 0.15) is 10.5 Å². The van der Waals surface area contributed by atoms with Crippen molar-refractivity contribution in [2.24, 2.45) is 0 Å². The lowest BCUT2D eigenvalue weighted by Gasteiger charge is -2.05. The van der Waals surface area contributed by atoms with E-state index in [-0.39, 0.29) is 5.69 Å². The van der Waals surface area contributed by atoms with Gasteiger partial charge in [0, 0.05) is 11.9 Å². The van der Waals surface area contributed by atoms with E-state index >= 15 is 0 Å². The fourth-order valence-electron chi connectivity index (χ4n) is 1.29. The third-order valence-electron chi connectivity index (χ3n) is 2.08. The Morgan fingerprint density at radius 3 is 2.71 bits per heavy atom. The van der Waals surface area contributed by atoms with Crippen molar-refractivity contribution in [3.63, 3.8) is 0 Å². The number of hydrogen-bond acceptors (Lipinski definition) is 5. The monoisotopic (exact) mass is 229 g/mol. The first-order valence-electron chi connectivity index (χ1n) is 5.03. The van der Waals surface area contributed by atoms with Gasteiger partial charge in [0.25, 0.3) is 0 Å². The van der Waals surface area contributed by atoms with Crippen LogP contribution in [0.5, 0.6) is 0 Å². The van der Waals surface area contributed by atoms with Crippen LogP contribution in [0.25, 0.3) is 0 Å². The summed E-state index contributed by atoms with van der Waals surface area (Å²) in [6.45, 7) is 0. The fourth-order valence-corrected chi connectivity index (χ4v) is 1.29. The average Bonchev–Trinajstić information content (AvgIpc) is 2.39. The Balaban J connectivity index is 2.20. The molecule has 0 aliphatic rings. The molecular formula is C12H11N3O2. The van der Waals surface area contributed by atoms with E-state index in [0.29, 0.717) is 5.95 Å². The van der Waals surface area contributed by atoms with Crippen LogP contribution in [0, 0.1) is 0 Å². The van der Waals surface area contributed by atoms with Crippen molar-refractivity contribution in [1.29, 1.82) is 0 Å². The molecule has 0 saturated heterocycles. The van der Waals surface area contributed by atoms with E-state index < -0.39 is 5.97 Å². The van der Waals surface area contributed by atoms with E-state index in [1.807, 2.05) is 30.3 Å². The maximum absolute atomic E-state index is 11.3. The minimum Gasteiger partial charge on any atom is -0.464 e. The lowest BCUT2D eigenvalue weighted by Crippen LogP contribution is -2.06. The van der Waals surface area contributed by atoms with Gasteiger partial charge in [-0.3, -0.25) is 0 Å². The molecule has 0 amide bonds. The molecule has 1 aromatic carbocycles. The lowest BCUT2D eigenvalue weighted by molar-refractivity contribution is 0.0594. The van der Waals surface area contributed by atoms with Gasteiger partial charge in [-0.2, -0.15) is 0 Å². The summed E-state index contributed by atoms with van der Waals surface area (Å²) in [5, 5.41) is 2.99. The van der Waals surface area contributed by atoms with Crippen LogP contribution in [-0.4, -0.2) is 23.0 Å². The minimum atomic E-state index is -0.483. The maximum atomic E-state index is 11.3. The maximum Gasteiger partial charge on any atom is 0.356 e. The molecule has 2 aromatic rings. The van der Waals surface area contributed by atoms with Crippen LogP contribution >= 0.6 is 0 Å². The van der Waals surface area contributed by atoms with Crippen LogP contribution in [0.15, 0.2) is 42.6 Å². The number of aromatic nitrogens is 2. The van der Waals surface area contributed by atoms with Gasteiger partial charge in [-0.15, -0.1) is 0 Å². The van der Waals surface area contributed by atoms with Crippen LogP contribution in [-0.2, 0) is 4.74 Å². The van der Waals surface area contributed by atoms with Gasteiger partial charge in [-0.1, -0.05) is 18.2 Å². The highest BCUT2D eigenvalue weighted by molar-refractivity contribution is 5.87. The van der Waals surface area contributed by atoms with Crippen LogP contribution in [0.2, 0.25) is 0 Å². The normalized spacial score (nSPS) is 9.71. The number of para-hydroxylation sites is 1. The van der Waals surface area contributed by atoms with E-state index in [4.69, 9.17) is 0 Å². The van der Waals surface area contributed by atoms with E-state index in [0.717, 1.165) is 5.69 Å². The number of ether oxygens (including phenoxy) is 1. The Morgan fingerprint density at radius 2 is 2.00 bits per heavy atom. The summed E-state index contributed by atoms with van der Waals surface area (Å²) >= 11 is 0. The number of nitrogens with zero attached hydrogens (tertiary/aromatic N) is 2. The van der Waals surface area contributed by atoms with E-state index in [2.05, 4.69) is 20.0 Å². The van der Waals surface area contributed by atoms with Gasteiger partial charge in [0.2, 0.25) is 5.95 Å². The quantitative estimate of drug-likeness (QED) is 0.815. The molecule has 86 valence electrons. The first-order valence-corrected chi connectivity index (χ1v) is 5.03. The number of benzene rings is 1. The highest BCUT2D eigenvalue weighted by Gasteiger charge is 2.08. The molecule has 0 aliphatic heterocycles. The van der Waals surface area contributed by atoms with Crippen molar-refractivity contribution >= 4 is 17.6 Å². The summed E-state index contributed by atoms with van der Waals surface area (Å²) in [6, 6.07) is 11.0. The fraction of sp³-hybridized carbons (Fsp3) is 0.0833. The Kier molecular flexibility index (Phi) is 3.30. The Hall–Kier alpha value is -2.43. The predicted molar refractivity (Wildman–Crippen MR) is 63.1 cm³/mol. The second-order valence-corrected chi connectivity index (χ2v) is 3.25. The molecule has 5 nitrogen and oxygen atoms in total. The zero-order valence-electron chi connectivity index (χ0n) is 9.25. The highest BCUT2D eigenvalue weighted by Crippen LogP contribution is 2.11. The molecule has 17 heavy (non-hydrogen) atoms. The van der Waals surface area contributed by atoms with Crippen molar-refractivity contribution in [3.8, 4) is 0 Å². The molecule has 2 rings (SSSR count). The molecule has 1 N–H and O–H groups in total. The van der Waals surface area contributed by atoms with Gasteiger partial charge in [0.1, 0.15) is 0 Å². The number of esters is 1. The van der Waals surface area contributed by atoms with Gasteiger partial charge < -0.3 is 10.1 Å². The third kappa shape index (κ3) is 2.78. The molecular weight excluding hydrogens is 218 g/mol. The summed E-state index contributed by atoms with van der Waals surface area (Å²) in [4.78, 5) is 19.3. The van der Waals surface area contributed by atoms with Crippen molar-refractivity contribution in [2.75, 3.05) is 12.4 Å². The molecule has 1 aromatic heterocycles.